The molecule has 1 N–H and O–H groups in total. The number of ether oxygens (including phenoxy) is 1. The Balaban J connectivity index is 2.58. The van der Waals surface area contributed by atoms with Crippen molar-refractivity contribution in [3.8, 4) is 17.1 Å². The first-order valence-electron chi connectivity index (χ1n) is 5.14. The fourth-order valence-corrected chi connectivity index (χ4v) is 1.78. The van der Waals surface area contributed by atoms with E-state index in [1.54, 1.807) is 32.4 Å². The Bertz CT molecular complexity index is 537. The minimum Gasteiger partial charge on any atom is -0.496 e. The second kappa shape index (κ2) is 4.67. The number of halogens is 1. The SMILES string of the molecule is CNc1nc(C)c(-c2cc(Cl)ccc2OC)o1. The number of benzene rings is 1. The van der Waals surface area contributed by atoms with E-state index in [1.807, 2.05) is 6.92 Å². The summed E-state index contributed by atoms with van der Waals surface area (Å²) in [5, 5.41) is 3.49. The van der Waals surface area contributed by atoms with Gasteiger partial charge in [-0.1, -0.05) is 11.6 Å². The third kappa shape index (κ3) is 2.22. The van der Waals surface area contributed by atoms with Gasteiger partial charge in [-0.2, -0.15) is 4.98 Å². The number of nitrogens with one attached hydrogen (secondary N) is 1. The molecule has 0 atom stereocenters. The molecule has 0 aliphatic carbocycles. The lowest BCUT2D eigenvalue weighted by molar-refractivity contribution is 0.415. The number of anilines is 1. The molecular formula is C12H13ClN2O2. The van der Waals surface area contributed by atoms with Gasteiger partial charge in [0, 0.05) is 12.1 Å². The van der Waals surface area contributed by atoms with Crippen LogP contribution in [0, 0.1) is 6.92 Å². The molecule has 90 valence electrons. The molecule has 0 saturated heterocycles. The summed E-state index contributed by atoms with van der Waals surface area (Å²) in [6, 6.07) is 5.85. The summed E-state index contributed by atoms with van der Waals surface area (Å²) in [7, 11) is 3.36. The maximum atomic E-state index is 5.98. The first-order valence-corrected chi connectivity index (χ1v) is 5.52. The van der Waals surface area contributed by atoms with Crippen LogP contribution in [0.2, 0.25) is 5.02 Å². The zero-order chi connectivity index (χ0) is 12.4. The van der Waals surface area contributed by atoms with Gasteiger partial charge in [0.1, 0.15) is 5.75 Å². The molecule has 0 radical (unpaired) electrons. The number of aromatic nitrogens is 1. The van der Waals surface area contributed by atoms with Crippen LogP contribution in [0.25, 0.3) is 11.3 Å². The molecule has 0 unspecified atom stereocenters. The van der Waals surface area contributed by atoms with E-state index in [-0.39, 0.29) is 0 Å². The number of aryl methyl sites for hydroxylation is 1. The second-order valence-electron chi connectivity index (χ2n) is 3.53. The summed E-state index contributed by atoms with van der Waals surface area (Å²) in [5.74, 6) is 1.37. The summed E-state index contributed by atoms with van der Waals surface area (Å²) >= 11 is 5.98. The molecule has 0 aliphatic rings. The van der Waals surface area contributed by atoms with Crippen molar-refractivity contribution >= 4 is 17.6 Å². The fourth-order valence-electron chi connectivity index (χ4n) is 1.61. The zero-order valence-electron chi connectivity index (χ0n) is 9.87. The lowest BCUT2D eigenvalue weighted by Crippen LogP contribution is -1.88. The molecule has 0 saturated carbocycles. The summed E-state index contributed by atoms with van der Waals surface area (Å²) in [6.07, 6.45) is 0. The van der Waals surface area contributed by atoms with Crippen molar-refractivity contribution in [1.29, 1.82) is 0 Å². The van der Waals surface area contributed by atoms with Crippen molar-refractivity contribution in [2.75, 3.05) is 19.5 Å². The first-order chi connectivity index (χ1) is 8.15. The van der Waals surface area contributed by atoms with Gasteiger partial charge in [0.05, 0.1) is 18.4 Å². The number of hydrogen-bond acceptors (Lipinski definition) is 4. The average molecular weight is 253 g/mol. The fraction of sp³-hybridized carbons (Fsp3) is 0.250. The molecule has 0 fully saturated rings. The van der Waals surface area contributed by atoms with Crippen LogP contribution in [-0.4, -0.2) is 19.1 Å². The predicted octanol–water partition coefficient (Wildman–Crippen LogP) is 3.35. The van der Waals surface area contributed by atoms with Crippen LogP contribution >= 0.6 is 11.6 Å². The summed E-state index contributed by atoms with van der Waals surface area (Å²) in [5.41, 5.74) is 1.58. The normalized spacial score (nSPS) is 10.4. The van der Waals surface area contributed by atoms with Crippen LogP contribution in [0.5, 0.6) is 5.75 Å². The summed E-state index contributed by atoms with van der Waals surface area (Å²) < 4.78 is 10.9. The van der Waals surface area contributed by atoms with Gasteiger partial charge < -0.3 is 14.5 Å². The quantitative estimate of drug-likeness (QED) is 0.910. The van der Waals surface area contributed by atoms with E-state index in [9.17, 15) is 0 Å². The third-order valence-corrected chi connectivity index (χ3v) is 2.65. The smallest absolute Gasteiger partial charge is 0.295 e. The first kappa shape index (κ1) is 11.8. The molecule has 17 heavy (non-hydrogen) atoms. The molecule has 5 heteroatoms. The van der Waals surface area contributed by atoms with Crippen molar-refractivity contribution in [2.45, 2.75) is 6.92 Å². The highest BCUT2D eigenvalue weighted by molar-refractivity contribution is 6.30. The van der Waals surface area contributed by atoms with E-state index in [0.717, 1.165) is 11.3 Å². The van der Waals surface area contributed by atoms with E-state index >= 15 is 0 Å². The Kier molecular flexibility index (Phi) is 3.24. The number of rotatable bonds is 3. The van der Waals surface area contributed by atoms with Crippen molar-refractivity contribution in [3.63, 3.8) is 0 Å². The lowest BCUT2D eigenvalue weighted by Gasteiger charge is -2.06. The van der Waals surface area contributed by atoms with Crippen molar-refractivity contribution < 1.29 is 9.15 Å². The van der Waals surface area contributed by atoms with Gasteiger partial charge in [-0.3, -0.25) is 0 Å². The number of hydrogen-bond donors (Lipinski definition) is 1. The molecular weight excluding hydrogens is 240 g/mol. The molecule has 0 bridgehead atoms. The predicted molar refractivity (Wildman–Crippen MR) is 67.8 cm³/mol. The highest BCUT2D eigenvalue weighted by Crippen LogP contribution is 2.35. The largest absolute Gasteiger partial charge is 0.496 e. The highest BCUT2D eigenvalue weighted by atomic mass is 35.5. The standard InChI is InChI=1S/C12H13ClN2O2/c1-7-11(17-12(14-2)15-7)9-6-8(13)4-5-10(9)16-3/h4-6H,1-3H3,(H,14,15). The van der Waals surface area contributed by atoms with Gasteiger partial charge in [-0.05, 0) is 25.1 Å². The molecule has 1 heterocycles. The monoisotopic (exact) mass is 252 g/mol. The number of methoxy groups -OCH3 is 1. The Morgan fingerprint density at radius 2 is 2.18 bits per heavy atom. The topological polar surface area (TPSA) is 47.3 Å². The third-order valence-electron chi connectivity index (χ3n) is 2.42. The lowest BCUT2D eigenvalue weighted by atomic mass is 10.1. The van der Waals surface area contributed by atoms with Crippen LogP contribution in [0.15, 0.2) is 22.6 Å². The Hall–Kier alpha value is -1.68. The highest BCUT2D eigenvalue weighted by Gasteiger charge is 2.15. The zero-order valence-corrected chi connectivity index (χ0v) is 10.6. The Morgan fingerprint density at radius 1 is 1.41 bits per heavy atom. The van der Waals surface area contributed by atoms with Crippen LogP contribution in [-0.2, 0) is 0 Å². The maximum absolute atomic E-state index is 5.98. The van der Waals surface area contributed by atoms with Crippen molar-refractivity contribution in [2.24, 2.45) is 0 Å². The van der Waals surface area contributed by atoms with Crippen LogP contribution in [0.1, 0.15) is 5.69 Å². The van der Waals surface area contributed by atoms with E-state index in [0.29, 0.717) is 22.5 Å². The minimum absolute atomic E-state index is 0.472. The molecule has 1 aromatic carbocycles. The van der Waals surface area contributed by atoms with E-state index < -0.39 is 0 Å². The number of nitrogens with zero attached hydrogens (tertiary/aromatic N) is 1. The van der Waals surface area contributed by atoms with Gasteiger partial charge in [0.2, 0.25) is 0 Å². The van der Waals surface area contributed by atoms with Gasteiger partial charge in [0.25, 0.3) is 6.01 Å². The minimum atomic E-state index is 0.472. The molecule has 0 aliphatic heterocycles. The van der Waals surface area contributed by atoms with Gasteiger partial charge in [-0.15, -0.1) is 0 Å². The van der Waals surface area contributed by atoms with Gasteiger partial charge >= 0.3 is 0 Å². The molecule has 4 nitrogen and oxygen atoms in total. The van der Waals surface area contributed by atoms with E-state index in [2.05, 4.69) is 10.3 Å². The van der Waals surface area contributed by atoms with Crippen molar-refractivity contribution in [3.05, 3.63) is 28.9 Å². The Labute approximate surface area is 105 Å². The average Bonchev–Trinajstić information content (AvgIpc) is 2.70. The maximum Gasteiger partial charge on any atom is 0.295 e. The van der Waals surface area contributed by atoms with Gasteiger partial charge in [0.15, 0.2) is 5.76 Å². The molecule has 2 rings (SSSR count). The van der Waals surface area contributed by atoms with Crippen LogP contribution in [0.4, 0.5) is 6.01 Å². The molecule has 0 spiro atoms. The van der Waals surface area contributed by atoms with E-state index in [1.165, 1.54) is 0 Å². The molecule has 2 aromatic rings. The van der Waals surface area contributed by atoms with Crippen molar-refractivity contribution in [1.82, 2.24) is 4.98 Å². The number of oxazole rings is 1. The van der Waals surface area contributed by atoms with Gasteiger partial charge in [-0.25, -0.2) is 0 Å². The molecule has 1 aromatic heterocycles. The second-order valence-corrected chi connectivity index (χ2v) is 3.96. The Morgan fingerprint density at radius 3 is 2.76 bits per heavy atom. The molecule has 0 amide bonds. The van der Waals surface area contributed by atoms with Crippen LogP contribution in [0.3, 0.4) is 0 Å². The summed E-state index contributed by atoms with van der Waals surface area (Å²) in [4.78, 5) is 4.23. The van der Waals surface area contributed by atoms with Crippen LogP contribution < -0.4 is 10.1 Å². The summed E-state index contributed by atoms with van der Waals surface area (Å²) in [6.45, 7) is 1.88. The van der Waals surface area contributed by atoms with E-state index in [4.69, 9.17) is 20.8 Å².